The highest BCUT2D eigenvalue weighted by atomic mass is 32.1. The average Bonchev–Trinajstić information content (AvgIpc) is 2.91. The topological polar surface area (TPSA) is 75.4 Å². The summed E-state index contributed by atoms with van der Waals surface area (Å²) in [5, 5.41) is 0.988. The molecule has 2 atom stereocenters. The van der Waals surface area contributed by atoms with Crippen LogP contribution in [-0.2, 0) is 11.2 Å². The second kappa shape index (κ2) is 7.35. The van der Waals surface area contributed by atoms with Crippen LogP contribution in [-0.4, -0.2) is 51.9 Å². The Hall–Kier alpha value is -1.21. The summed E-state index contributed by atoms with van der Waals surface area (Å²) in [5.74, 6) is 1.15. The van der Waals surface area contributed by atoms with Gasteiger partial charge in [-0.05, 0) is 26.2 Å². The maximum Gasteiger partial charge on any atom is 0.227 e. The van der Waals surface area contributed by atoms with E-state index in [4.69, 9.17) is 5.73 Å². The lowest BCUT2D eigenvalue weighted by Crippen LogP contribution is -2.54. The summed E-state index contributed by atoms with van der Waals surface area (Å²) in [5.41, 5.74) is 6.08. The SMILES string of the molecule is CCc1nsc(N2CCCN(C(=O)C3CCCCC3(C)N)CC2)n1. The zero-order valence-corrected chi connectivity index (χ0v) is 15.6. The molecule has 3 rings (SSSR count). The van der Waals surface area contributed by atoms with Gasteiger partial charge in [-0.2, -0.15) is 4.37 Å². The lowest BCUT2D eigenvalue weighted by atomic mass is 9.74. The summed E-state index contributed by atoms with van der Waals surface area (Å²) in [6.07, 6.45) is 5.98. The monoisotopic (exact) mass is 351 g/mol. The standard InChI is InChI=1S/C17H29N5OS/c1-3-14-19-16(24-20-14)22-10-6-9-21(11-12-22)15(23)13-7-4-5-8-17(13,2)18/h13H,3-12,18H2,1-2H3. The maximum absolute atomic E-state index is 13.0. The number of hydrogen-bond donors (Lipinski definition) is 1. The second-order valence-electron chi connectivity index (χ2n) is 7.32. The van der Waals surface area contributed by atoms with Gasteiger partial charge in [0.1, 0.15) is 5.82 Å². The molecule has 0 bridgehead atoms. The maximum atomic E-state index is 13.0. The summed E-state index contributed by atoms with van der Waals surface area (Å²) in [4.78, 5) is 21.9. The fourth-order valence-corrected chi connectivity index (χ4v) is 4.63. The van der Waals surface area contributed by atoms with E-state index in [1.807, 2.05) is 11.8 Å². The molecule has 2 unspecified atom stereocenters. The van der Waals surface area contributed by atoms with Gasteiger partial charge in [-0.25, -0.2) is 4.98 Å². The number of rotatable bonds is 3. The lowest BCUT2D eigenvalue weighted by Gasteiger charge is -2.39. The molecule has 1 aliphatic carbocycles. The molecule has 0 spiro atoms. The summed E-state index contributed by atoms with van der Waals surface area (Å²) < 4.78 is 4.38. The van der Waals surface area contributed by atoms with E-state index >= 15 is 0 Å². The van der Waals surface area contributed by atoms with Crippen LogP contribution in [0.25, 0.3) is 0 Å². The smallest absolute Gasteiger partial charge is 0.227 e. The molecule has 2 aliphatic rings. The number of amides is 1. The van der Waals surface area contributed by atoms with Gasteiger partial charge in [0.2, 0.25) is 11.0 Å². The molecule has 2 N–H and O–H groups in total. The first-order valence-corrected chi connectivity index (χ1v) is 9.94. The number of hydrogen-bond acceptors (Lipinski definition) is 6. The first-order chi connectivity index (χ1) is 11.5. The number of nitrogens with two attached hydrogens (primary N) is 1. The number of aryl methyl sites for hydroxylation is 1. The van der Waals surface area contributed by atoms with E-state index < -0.39 is 0 Å². The van der Waals surface area contributed by atoms with Crippen molar-refractivity contribution >= 4 is 22.6 Å². The Morgan fingerprint density at radius 2 is 2.12 bits per heavy atom. The fraction of sp³-hybridized carbons (Fsp3) is 0.824. The van der Waals surface area contributed by atoms with E-state index in [1.54, 1.807) is 0 Å². The fourth-order valence-electron chi connectivity index (χ4n) is 3.83. The molecule has 0 radical (unpaired) electrons. The third-order valence-corrected chi connectivity index (χ3v) is 6.22. The third-order valence-electron chi connectivity index (χ3n) is 5.40. The Bertz CT molecular complexity index is 573. The van der Waals surface area contributed by atoms with Crippen molar-refractivity contribution in [2.24, 2.45) is 11.7 Å². The van der Waals surface area contributed by atoms with Crippen LogP contribution in [0.1, 0.15) is 51.8 Å². The normalized spacial score (nSPS) is 28.7. The summed E-state index contributed by atoms with van der Waals surface area (Å²) in [6, 6.07) is 0. The van der Waals surface area contributed by atoms with Crippen molar-refractivity contribution in [3.05, 3.63) is 5.82 Å². The molecule has 134 valence electrons. The van der Waals surface area contributed by atoms with E-state index in [0.717, 1.165) is 75.7 Å². The minimum absolute atomic E-state index is 0.0222. The van der Waals surface area contributed by atoms with Crippen LogP contribution < -0.4 is 10.6 Å². The molecular formula is C17H29N5OS. The van der Waals surface area contributed by atoms with Gasteiger partial charge in [-0.15, -0.1) is 0 Å². The minimum atomic E-state index is -0.351. The minimum Gasteiger partial charge on any atom is -0.345 e. The van der Waals surface area contributed by atoms with E-state index in [9.17, 15) is 4.79 Å². The molecule has 1 aromatic heterocycles. The van der Waals surface area contributed by atoms with E-state index in [0.29, 0.717) is 0 Å². The first-order valence-electron chi connectivity index (χ1n) is 9.16. The highest BCUT2D eigenvalue weighted by Gasteiger charge is 2.40. The Labute approximate surface area is 148 Å². The van der Waals surface area contributed by atoms with Crippen molar-refractivity contribution in [2.45, 2.75) is 57.9 Å². The molecule has 1 aliphatic heterocycles. The molecule has 1 aromatic rings. The third kappa shape index (κ3) is 3.72. The Kier molecular flexibility index (Phi) is 5.39. The predicted molar refractivity (Wildman–Crippen MR) is 97.2 cm³/mol. The van der Waals surface area contributed by atoms with Crippen LogP contribution in [0.2, 0.25) is 0 Å². The lowest BCUT2D eigenvalue weighted by molar-refractivity contribution is -0.138. The Morgan fingerprint density at radius 1 is 1.29 bits per heavy atom. The van der Waals surface area contributed by atoms with Gasteiger partial charge in [-0.3, -0.25) is 4.79 Å². The number of anilines is 1. The highest BCUT2D eigenvalue weighted by molar-refractivity contribution is 7.09. The Balaban J connectivity index is 1.63. The zero-order chi connectivity index (χ0) is 17.2. The molecule has 24 heavy (non-hydrogen) atoms. The Morgan fingerprint density at radius 3 is 2.83 bits per heavy atom. The van der Waals surface area contributed by atoms with Gasteiger partial charge in [0.25, 0.3) is 0 Å². The van der Waals surface area contributed by atoms with Crippen LogP contribution in [0, 0.1) is 5.92 Å². The van der Waals surface area contributed by atoms with Crippen molar-refractivity contribution in [1.82, 2.24) is 14.3 Å². The van der Waals surface area contributed by atoms with Crippen molar-refractivity contribution in [2.75, 3.05) is 31.1 Å². The molecule has 1 saturated heterocycles. The second-order valence-corrected chi connectivity index (χ2v) is 8.05. The van der Waals surface area contributed by atoms with Gasteiger partial charge >= 0.3 is 0 Å². The first kappa shape index (κ1) is 17.6. The van der Waals surface area contributed by atoms with Crippen LogP contribution in [0.5, 0.6) is 0 Å². The van der Waals surface area contributed by atoms with Gasteiger partial charge in [0, 0.05) is 49.7 Å². The van der Waals surface area contributed by atoms with Crippen LogP contribution in [0.15, 0.2) is 0 Å². The summed E-state index contributed by atoms with van der Waals surface area (Å²) in [7, 11) is 0. The summed E-state index contributed by atoms with van der Waals surface area (Å²) in [6.45, 7) is 7.47. The van der Waals surface area contributed by atoms with Crippen molar-refractivity contribution in [3.63, 3.8) is 0 Å². The molecule has 2 heterocycles. The van der Waals surface area contributed by atoms with Crippen LogP contribution in [0.4, 0.5) is 5.13 Å². The molecule has 6 nitrogen and oxygen atoms in total. The van der Waals surface area contributed by atoms with Crippen LogP contribution in [0.3, 0.4) is 0 Å². The predicted octanol–water partition coefficient (Wildman–Crippen LogP) is 2.05. The molecule has 7 heteroatoms. The molecule has 1 amide bonds. The largest absolute Gasteiger partial charge is 0.345 e. The zero-order valence-electron chi connectivity index (χ0n) is 14.8. The van der Waals surface area contributed by atoms with E-state index in [-0.39, 0.29) is 17.4 Å². The van der Waals surface area contributed by atoms with Gasteiger partial charge in [-0.1, -0.05) is 19.8 Å². The van der Waals surface area contributed by atoms with Crippen molar-refractivity contribution < 1.29 is 4.79 Å². The van der Waals surface area contributed by atoms with Crippen molar-refractivity contribution in [3.8, 4) is 0 Å². The van der Waals surface area contributed by atoms with E-state index in [1.165, 1.54) is 11.5 Å². The number of carbonyl (C=O) groups excluding carboxylic acids is 1. The van der Waals surface area contributed by atoms with Gasteiger partial charge < -0.3 is 15.5 Å². The quantitative estimate of drug-likeness (QED) is 0.902. The highest BCUT2D eigenvalue weighted by Crippen LogP contribution is 2.33. The number of carbonyl (C=O) groups is 1. The number of aromatic nitrogens is 2. The van der Waals surface area contributed by atoms with Crippen LogP contribution >= 0.6 is 11.5 Å². The van der Waals surface area contributed by atoms with Gasteiger partial charge in [0.05, 0.1) is 5.92 Å². The molecule has 0 aromatic carbocycles. The van der Waals surface area contributed by atoms with Gasteiger partial charge in [0.15, 0.2) is 0 Å². The van der Waals surface area contributed by atoms with Crippen molar-refractivity contribution in [1.29, 1.82) is 0 Å². The number of nitrogens with zero attached hydrogens (tertiary/aromatic N) is 4. The average molecular weight is 352 g/mol. The molecule has 1 saturated carbocycles. The van der Waals surface area contributed by atoms with E-state index in [2.05, 4.69) is 21.2 Å². The molecular weight excluding hydrogens is 322 g/mol. The summed E-state index contributed by atoms with van der Waals surface area (Å²) >= 11 is 1.47. The molecule has 2 fully saturated rings.